The number of hydrogen-bond acceptors (Lipinski definition) is 5. The van der Waals surface area contributed by atoms with Gasteiger partial charge in [0.15, 0.2) is 0 Å². The predicted octanol–water partition coefficient (Wildman–Crippen LogP) is 3.52. The standard InChI is InChI=1S/C14H12ClN3O3S/c15-12-4-2-1-3-10(12)8-22-9-14(19)17-13-6-5-11(7-16-13)18(20)21/h1-7H,8-9H2,(H,16,17,19). The second kappa shape index (κ2) is 7.77. The predicted molar refractivity (Wildman–Crippen MR) is 87.1 cm³/mol. The van der Waals surface area contributed by atoms with Crippen molar-refractivity contribution in [2.75, 3.05) is 11.1 Å². The molecule has 0 spiro atoms. The third-order valence-corrected chi connectivity index (χ3v) is 4.02. The summed E-state index contributed by atoms with van der Waals surface area (Å²) in [4.78, 5) is 25.5. The highest BCUT2D eigenvalue weighted by atomic mass is 35.5. The fraction of sp³-hybridized carbons (Fsp3) is 0.143. The number of rotatable bonds is 6. The first kappa shape index (κ1) is 16.3. The number of benzene rings is 1. The molecule has 0 unspecified atom stereocenters. The van der Waals surface area contributed by atoms with Crippen molar-refractivity contribution in [2.45, 2.75) is 5.75 Å². The molecule has 6 nitrogen and oxygen atoms in total. The number of nitrogens with zero attached hydrogens (tertiary/aromatic N) is 2. The highest BCUT2D eigenvalue weighted by molar-refractivity contribution is 7.99. The van der Waals surface area contributed by atoms with Crippen molar-refractivity contribution < 1.29 is 9.72 Å². The molecule has 1 aromatic carbocycles. The molecule has 0 radical (unpaired) electrons. The molecule has 0 fully saturated rings. The molecule has 2 rings (SSSR count). The molecular formula is C14H12ClN3O3S. The Bertz CT molecular complexity index is 679. The van der Waals surface area contributed by atoms with Crippen molar-refractivity contribution in [1.82, 2.24) is 4.98 Å². The highest BCUT2D eigenvalue weighted by Crippen LogP contribution is 2.20. The summed E-state index contributed by atoms with van der Waals surface area (Å²) in [6, 6.07) is 10.1. The number of anilines is 1. The number of carbonyl (C=O) groups is 1. The second-order valence-electron chi connectivity index (χ2n) is 4.29. The number of halogens is 1. The van der Waals surface area contributed by atoms with Gasteiger partial charge < -0.3 is 5.32 Å². The van der Waals surface area contributed by atoms with E-state index < -0.39 is 4.92 Å². The molecule has 0 aliphatic rings. The van der Waals surface area contributed by atoms with Gasteiger partial charge in [-0.15, -0.1) is 11.8 Å². The lowest BCUT2D eigenvalue weighted by atomic mass is 10.2. The summed E-state index contributed by atoms with van der Waals surface area (Å²) in [6.45, 7) is 0. The summed E-state index contributed by atoms with van der Waals surface area (Å²) in [5.74, 6) is 0.928. The SMILES string of the molecule is O=C(CSCc1ccccc1Cl)Nc1ccc([N+](=O)[O-])cn1. The molecule has 1 aromatic heterocycles. The van der Waals surface area contributed by atoms with Gasteiger partial charge in [-0.1, -0.05) is 29.8 Å². The van der Waals surface area contributed by atoms with Gasteiger partial charge in [-0.05, 0) is 17.7 Å². The Balaban J connectivity index is 1.80. The second-order valence-corrected chi connectivity index (χ2v) is 5.68. The average molecular weight is 338 g/mol. The third kappa shape index (κ3) is 4.71. The van der Waals surface area contributed by atoms with E-state index in [1.165, 1.54) is 23.9 Å². The van der Waals surface area contributed by atoms with Gasteiger partial charge in [-0.3, -0.25) is 14.9 Å². The highest BCUT2D eigenvalue weighted by Gasteiger charge is 2.08. The van der Waals surface area contributed by atoms with Gasteiger partial charge >= 0.3 is 0 Å². The van der Waals surface area contributed by atoms with Crippen LogP contribution < -0.4 is 5.32 Å². The molecule has 1 heterocycles. The number of hydrogen-bond donors (Lipinski definition) is 1. The van der Waals surface area contributed by atoms with E-state index in [0.29, 0.717) is 10.8 Å². The zero-order valence-corrected chi connectivity index (χ0v) is 12.9. The maximum Gasteiger partial charge on any atom is 0.287 e. The number of nitrogens with one attached hydrogen (secondary N) is 1. The van der Waals surface area contributed by atoms with Gasteiger partial charge in [-0.2, -0.15) is 0 Å². The molecule has 8 heteroatoms. The molecule has 22 heavy (non-hydrogen) atoms. The van der Waals surface area contributed by atoms with Crippen LogP contribution in [0.2, 0.25) is 5.02 Å². The van der Waals surface area contributed by atoms with Crippen LogP contribution in [0.4, 0.5) is 11.5 Å². The van der Waals surface area contributed by atoms with E-state index in [0.717, 1.165) is 11.8 Å². The van der Waals surface area contributed by atoms with Crippen molar-refractivity contribution in [3.63, 3.8) is 0 Å². The van der Waals surface area contributed by atoms with Crippen LogP contribution in [0.5, 0.6) is 0 Å². The molecular weight excluding hydrogens is 326 g/mol. The van der Waals surface area contributed by atoms with Crippen LogP contribution in [-0.4, -0.2) is 21.6 Å². The van der Waals surface area contributed by atoms with Crippen LogP contribution in [0, 0.1) is 10.1 Å². The molecule has 0 saturated heterocycles. The molecule has 0 atom stereocenters. The van der Waals surface area contributed by atoms with Gasteiger partial charge in [-0.25, -0.2) is 4.98 Å². The normalized spacial score (nSPS) is 10.2. The van der Waals surface area contributed by atoms with Gasteiger partial charge in [0.1, 0.15) is 12.0 Å². The summed E-state index contributed by atoms with van der Waals surface area (Å²) >= 11 is 7.45. The molecule has 2 aromatic rings. The van der Waals surface area contributed by atoms with E-state index in [2.05, 4.69) is 10.3 Å². The van der Waals surface area contributed by atoms with Gasteiger partial charge in [0.2, 0.25) is 5.91 Å². The number of thioether (sulfide) groups is 1. The molecule has 1 amide bonds. The molecule has 0 bridgehead atoms. The lowest BCUT2D eigenvalue weighted by Gasteiger charge is -2.05. The van der Waals surface area contributed by atoms with Crippen molar-refractivity contribution in [1.29, 1.82) is 0 Å². The fourth-order valence-electron chi connectivity index (χ4n) is 1.62. The van der Waals surface area contributed by atoms with Crippen molar-refractivity contribution in [2.24, 2.45) is 0 Å². The first-order valence-corrected chi connectivity index (χ1v) is 7.81. The molecule has 0 aliphatic carbocycles. The minimum Gasteiger partial charge on any atom is -0.310 e. The van der Waals surface area contributed by atoms with Crippen molar-refractivity contribution in [3.05, 3.63) is 63.3 Å². The Kier molecular flexibility index (Phi) is 5.74. The van der Waals surface area contributed by atoms with E-state index in [-0.39, 0.29) is 23.2 Å². The Hall–Kier alpha value is -2.12. The largest absolute Gasteiger partial charge is 0.310 e. The maximum atomic E-state index is 11.8. The molecule has 0 saturated carbocycles. The Labute approximate surface area is 136 Å². The lowest BCUT2D eigenvalue weighted by molar-refractivity contribution is -0.385. The monoisotopic (exact) mass is 337 g/mol. The van der Waals surface area contributed by atoms with E-state index in [1.54, 1.807) is 6.07 Å². The van der Waals surface area contributed by atoms with Crippen LogP contribution in [0.15, 0.2) is 42.6 Å². The van der Waals surface area contributed by atoms with Crippen molar-refractivity contribution in [3.8, 4) is 0 Å². The van der Waals surface area contributed by atoms with Crippen molar-refractivity contribution >= 4 is 40.8 Å². The number of nitro groups is 1. The first-order valence-electron chi connectivity index (χ1n) is 6.27. The third-order valence-electron chi connectivity index (χ3n) is 2.67. The molecule has 114 valence electrons. The zero-order valence-electron chi connectivity index (χ0n) is 11.4. The van der Waals surface area contributed by atoms with Gasteiger partial charge in [0.05, 0.1) is 10.7 Å². The smallest absolute Gasteiger partial charge is 0.287 e. The molecule has 1 N–H and O–H groups in total. The minimum atomic E-state index is -0.544. The van der Waals surface area contributed by atoms with Crippen LogP contribution in [0.1, 0.15) is 5.56 Å². The summed E-state index contributed by atoms with van der Waals surface area (Å²) < 4.78 is 0. The van der Waals surface area contributed by atoms with E-state index in [1.807, 2.05) is 18.2 Å². The molecule has 0 aliphatic heterocycles. The number of amides is 1. The van der Waals surface area contributed by atoms with Crippen LogP contribution >= 0.6 is 23.4 Å². The number of carbonyl (C=O) groups excluding carboxylic acids is 1. The lowest BCUT2D eigenvalue weighted by Crippen LogP contribution is -2.15. The van der Waals surface area contributed by atoms with E-state index in [4.69, 9.17) is 11.6 Å². The summed E-state index contributed by atoms with van der Waals surface area (Å²) in [7, 11) is 0. The number of aromatic nitrogens is 1. The topological polar surface area (TPSA) is 85.1 Å². The minimum absolute atomic E-state index is 0.119. The fourth-order valence-corrected chi connectivity index (χ4v) is 2.73. The quantitative estimate of drug-likeness (QED) is 0.644. The Morgan fingerprint density at radius 3 is 2.73 bits per heavy atom. The van der Waals surface area contributed by atoms with Crippen LogP contribution in [0.3, 0.4) is 0 Å². The number of pyridine rings is 1. The summed E-state index contributed by atoms with van der Waals surface area (Å²) in [5, 5.41) is 13.8. The Morgan fingerprint density at radius 2 is 2.09 bits per heavy atom. The van der Waals surface area contributed by atoms with Gasteiger partial charge in [0, 0.05) is 16.8 Å². The van der Waals surface area contributed by atoms with Crippen LogP contribution in [-0.2, 0) is 10.5 Å². The first-order chi connectivity index (χ1) is 10.6. The van der Waals surface area contributed by atoms with Gasteiger partial charge in [0.25, 0.3) is 5.69 Å². The summed E-state index contributed by atoms with van der Waals surface area (Å²) in [6.07, 6.45) is 1.10. The van der Waals surface area contributed by atoms with Crippen LogP contribution in [0.25, 0.3) is 0 Å². The average Bonchev–Trinajstić information content (AvgIpc) is 2.50. The van der Waals surface area contributed by atoms with E-state index >= 15 is 0 Å². The maximum absolute atomic E-state index is 11.8. The van der Waals surface area contributed by atoms with E-state index in [9.17, 15) is 14.9 Å². The zero-order chi connectivity index (χ0) is 15.9. The summed E-state index contributed by atoms with van der Waals surface area (Å²) in [5.41, 5.74) is 0.849. The Morgan fingerprint density at radius 1 is 1.32 bits per heavy atom.